The molecule has 2 aromatic rings. The Balaban J connectivity index is 0.000000180. The van der Waals surface area contributed by atoms with Gasteiger partial charge in [0.1, 0.15) is 0 Å². The molecule has 4 N–H and O–H groups in total. The summed E-state index contributed by atoms with van der Waals surface area (Å²) in [6.07, 6.45) is 3.26. The summed E-state index contributed by atoms with van der Waals surface area (Å²) in [5.41, 5.74) is 13.6. The summed E-state index contributed by atoms with van der Waals surface area (Å²) < 4.78 is 0. The van der Waals surface area contributed by atoms with E-state index in [4.69, 9.17) is 23.1 Å². The number of halogens is 1. The number of rotatable bonds is 2. The van der Waals surface area contributed by atoms with Crippen LogP contribution in [0.1, 0.15) is 17.0 Å². The van der Waals surface area contributed by atoms with E-state index in [9.17, 15) is 0 Å². The highest BCUT2D eigenvalue weighted by Gasteiger charge is 1.93. The summed E-state index contributed by atoms with van der Waals surface area (Å²) in [6.45, 7) is 2.96. The summed E-state index contributed by atoms with van der Waals surface area (Å²) in [6, 6.07) is 7.65. The van der Waals surface area contributed by atoms with Crippen LogP contribution in [0, 0.1) is 6.92 Å². The molecule has 0 saturated carbocycles. The molecule has 0 radical (unpaired) electrons. The van der Waals surface area contributed by atoms with Gasteiger partial charge in [-0.05, 0) is 30.7 Å². The van der Waals surface area contributed by atoms with Crippen LogP contribution >= 0.6 is 11.6 Å². The van der Waals surface area contributed by atoms with Crippen LogP contribution in [0.2, 0.25) is 5.02 Å². The van der Waals surface area contributed by atoms with E-state index in [2.05, 4.69) is 9.97 Å². The molecule has 0 aliphatic rings. The predicted octanol–water partition coefficient (Wildman–Crippen LogP) is 2.04. The highest BCUT2D eigenvalue weighted by atomic mass is 35.5. The third-order valence-corrected chi connectivity index (χ3v) is 2.57. The summed E-state index contributed by atoms with van der Waals surface area (Å²) in [5, 5.41) is 0.639. The Bertz CT molecular complexity index is 488. The minimum absolute atomic E-state index is 0.474. The van der Waals surface area contributed by atoms with Crippen LogP contribution in [0.5, 0.6) is 0 Å². The molecule has 0 aliphatic heterocycles. The number of hydrogen-bond donors (Lipinski definition) is 2. The number of hydrogen-bond acceptors (Lipinski definition) is 4. The number of nitrogens with zero attached hydrogens (tertiary/aromatic N) is 2. The van der Waals surface area contributed by atoms with Gasteiger partial charge in [-0.15, -0.1) is 0 Å². The van der Waals surface area contributed by atoms with Crippen LogP contribution in [0.25, 0.3) is 0 Å². The van der Waals surface area contributed by atoms with Gasteiger partial charge in [0.15, 0.2) is 0 Å². The van der Waals surface area contributed by atoms with E-state index in [1.54, 1.807) is 12.4 Å². The largest absolute Gasteiger partial charge is 0.326 e. The predicted molar refractivity (Wildman–Crippen MR) is 74.0 cm³/mol. The average Bonchev–Trinajstić information content (AvgIpc) is 2.40. The smallest absolute Gasteiger partial charge is 0.0634 e. The highest BCUT2D eigenvalue weighted by Crippen LogP contribution is 2.11. The number of aryl methyl sites for hydroxylation is 1. The Kier molecular flexibility index (Phi) is 6.28. The summed E-state index contributed by atoms with van der Waals surface area (Å²) in [7, 11) is 0. The fraction of sp³-hybridized carbons (Fsp3) is 0.231. The number of aromatic nitrogens is 2. The first-order chi connectivity index (χ1) is 8.67. The van der Waals surface area contributed by atoms with Crippen LogP contribution in [0.3, 0.4) is 0 Å². The number of nitrogens with two attached hydrogens (primary N) is 2. The van der Waals surface area contributed by atoms with Gasteiger partial charge in [-0.25, -0.2) is 0 Å². The van der Waals surface area contributed by atoms with Gasteiger partial charge in [-0.2, -0.15) is 0 Å². The lowest BCUT2D eigenvalue weighted by Crippen LogP contribution is -1.99. The molecule has 5 heteroatoms. The Morgan fingerprint density at radius 1 is 1.17 bits per heavy atom. The van der Waals surface area contributed by atoms with E-state index in [0.29, 0.717) is 18.1 Å². The molecule has 96 valence electrons. The number of pyridine rings is 2. The lowest BCUT2D eigenvalue weighted by Gasteiger charge is -1.95. The van der Waals surface area contributed by atoms with Crippen molar-refractivity contribution < 1.29 is 0 Å². The second kappa shape index (κ2) is 7.76. The standard InChI is InChI=1S/C7H10N2.C6H7ClN2/c1-6-3-2-4-7(5-8)9-6;7-6-4-9-2-1-5(6)3-8/h2-4H,5,8H2,1H3;1-2,4H,3,8H2. The van der Waals surface area contributed by atoms with E-state index in [1.165, 1.54) is 0 Å². The summed E-state index contributed by atoms with van der Waals surface area (Å²) in [5.74, 6) is 0. The molecule has 2 rings (SSSR count). The first kappa shape index (κ1) is 14.6. The highest BCUT2D eigenvalue weighted by molar-refractivity contribution is 6.31. The molecule has 0 atom stereocenters. The zero-order chi connectivity index (χ0) is 13.4. The van der Waals surface area contributed by atoms with Crippen molar-refractivity contribution in [2.75, 3.05) is 0 Å². The molecular weight excluding hydrogens is 248 g/mol. The van der Waals surface area contributed by atoms with Crippen molar-refractivity contribution in [3.05, 3.63) is 58.6 Å². The average molecular weight is 265 g/mol. The van der Waals surface area contributed by atoms with Crippen LogP contribution in [0.15, 0.2) is 36.7 Å². The van der Waals surface area contributed by atoms with Crippen LogP contribution in [-0.4, -0.2) is 9.97 Å². The third-order valence-electron chi connectivity index (χ3n) is 2.23. The topological polar surface area (TPSA) is 77.8 Å². The van der Waals surface area contributed by atoms with Crippen molar-refractivity contribution in [3.63, 3.8) is 0 Å². The maximum absolute atomic E-state index is 5.68. The first-order valence-electron chi connectivity index (χ1n) is 5.58. The Hall–Kier alpha value is -1.49. The zero-order valence-corrected chi connectivity index (χ0v) is 11.1. The van der Waals surface area contributed by atoms with Crippen molar-refractivity contribution in [2.45, 2.75) is 20.0 Å². The normalized spacial score (nSPS) is 9.56. The monoisotopic (exact) mass is 264 g/mol. The van der Waals surface area contributed by atoms with Gasteiger partial charge in [-0.3, -0.25) is 9.97 Å². The fourth-order valence-electron chi connectivity index (χ4n) is 1.28. The molecule has 0 aromatic carbocycles. The molecule has 0 saturated heterocycles. The molecule has 0 spiro atoms. The second-order valence-corrected chi connectivity index (χ2v) is 4.05. The van der Waals surface area contributed by atoms with Crippen LogP contribution in [-0.2, 0) is 13.1 Å². The van der Waals surface area contributed by atoms with Gasteiger partial charge in [0.05, 0.1) is 10.7 Å². The minimum Gasteiger partial charge on any atom is -0.326 e. The van der Waals surface area contributed by atoms with E-state index < -0.39 is 0 Å². The second-order valence-electron chi connectivity index (χ2n) is 3.65. The quantitative estimate of drug-likeness (QED) is 0.870. The van der Waals surface area contributed by atoms with Gasteiger partial charge in [-0.1, -0.05) is 17.7 Å². The molecule has 0 fully saturated rings. The molecule has 4 nitrogen and oxygen atoms in total. The van der Waals surface area contributed by atoms with E-state index in [1.807, 2.05) is 31.2 Å². The molecule has 2 aromatic heterocycles. The van der Waals surface area contributed by atoms with Gasteiger partial charge < -0.3 is 11.5 Å². The maximum atomic E-state index is 5.68. The lowest BCUT2D eigenvalue weighted by atomic mass is 10.3. The zero-order valence-electron chi connectivity index (χ0n) is 10.3. The van der Waals surface area contributed by atoms with Gasteiger partial charge in [0.2, 0.25) is 0 Å². The fourth-order valence-corrected chi connectivity index (χ4v) is 1.48. The van der Waals surface area contributed by atoms with Crippen molar-refractivity contribution in [3.8, 4) is 0 Å². The maximum Gasteiger partial charge on any atom is 0.0634 e. The minimum atomic E-state index is 0.474. The Morgan fingerprint density at radius 2 is 1.94 bits per heavy atom. The van der Waals surface area contributed by atoms with Crippen molar-refractivity contribution >= 4 is 11.6 Å². The molecular formula is C13H17ClN4. The van der Waals surface area contributed by atoms with Gasteiger partial charge in [0.25, 0.3) is 0 Å². The first-order valence-corrected chi connectivity index (χ1v) is 5.96. The van der Waals surface area contributed by atoms with Crippen molar-refractivity contribution in [1.29, 1.82) is 0 Å². The van der Waals surface area contributed by atoms with E-state index in [-0.39, 0.29) is 0 Å². The molecule has 0 aliphatic carbocycles. The SMILES string of the molecule is Cc1cccc(CN)n1.NCc1ccncc1Cl. The van der Waals surface area contributed by atoms with Crippen molar-refractivity contribution in [1.82, 2.24) is 9.97 Å². The Labute approximate surface area is 112 Å². The van der Waals surface area contributed by atoms with E-state index >= 15 is 0 Å². The Morgan fingerprint density at radius 3 is 2.39 bits per heavy atom. The molecule has 0 unspecified atom stereocenters. The molecule has 0 amide bonds. The van der Waals surface area contributed by atoms with Gasteiger partial charge >= 0.3 is 0 Å². The lowest BCUT2D eigenvalue weighted by molar-refractivity contribution is 0.969. The summed E-state index contributed by atoms with van der Waals surface area (Å²) in [4.78, 5) is 7.97. The molecule has 2 heterocycles. The summed E-state index contributed by atoms with van der Waals surface area (Å²) >= 11 is 5.68. The molecule has 0 bridgehead atoms. The molecule has 18 heavy (non-hydrogen) atoms. The van der Waals surface area contributed by atoms with Gasteiger partial charge in [0, 0.05) is 31.2 Å². The van der Waals surface area contributed by atoms with Crippen LogP contribution < -0.4 is 11.5 Å². The van der Waals surface area contributed by atoms with E-state index in [0.717, 1.165) is 17.0 Å². The van der Waals surface area contributed by atoms with Crippen LogP contribution in [0.4, 0.5) is 0 Å². The van der Waals surface area contributed by atoms with Crippen molar-refractivity contribution in [2.24, 2.45) is 11.5 Å². The third kappa shape index (κ3) is 4.79.